The maximum atomic E-state index is 12.0. The van der Waals surface area contributed by atoms with Gasteiger partial charge >= 0.3 is 0 Å². The van der Waals surface area contributed by atoms with Crippen LogP contribution in [0.4, 0.5) is 0 Å². The van der Waals surface area contributed by atoms with Crippen LogP contribution in [-0.4, -0.2) is 22.2 Å². The molecule has 0 radical (unpaired) electrons. The van der Waals surface area contributed by atoms with Crippen molar-refractivity contribution in [3.8, 4) is 0 Å². The molecule has 0 aromatic carbocycles. The second-order valence-electron chi connectivity index (χ2n) is 3.68. The van der Waals surface area contributed by atoms with Gasteiger partial charge in [0.2, 0.25) is 5.78 Å². The first-order chi connectivity index (χ1) is 7.18. The summed E-state index contributed by atoms with van der Waals surface area (Å²) in [5, 5.41) is 4.14. The summed E-state index contributed by atoms with van der Waals surface area (Å²) in [5.74, 6) is 0.391. The maximum absolute atomic E-state index is 12.0. The van der Waals surface area contributed by atoms with E-state index < -0.39 is 0 Å². The molecule has 1 aliphatic heterocycles. The zero-order valence-electron chi connectivity index (χ0n) is 8.99. The number of carbonyl (C=O) groups excluding carboxylic acids is 1. The van der Waals surface area contributed by atoms with E-state index in [0.717, 1.165) is 18.5 Å². The van der Waals surface area contributed by atoms with E-state index in [4.69, 9.17) is 4.74 Å². The van der Waals surface area contributed by atoms with E-state index >= 15 is 0 Å². The van der Waals surface area contributed by atoms with Crippen molar-refractivity contribution < 1.29 is 9.53 Å². The fraction of sp³-hybridized carbons (Fsp3) is 0.455. The van der Waals surface area contributed by atoms with Crippen molar-refractivity contribution in [3.05, 3.63) is 29.3 Å². The van der Waals surface area contributed by atoms with Crippen LogP contribution >= 0.6 is 0 Å². The molecule has 0 saturated heterocycles. The summed E-state index contributed by atoms with van der Waals surface area (Å²) in [6.45, 7) is 2.50. The quantitative estimate of drug-likeness (QED) is 0.690. The molecule has 15 heavy (non-hydrogen) atoms. The van der Waals surface area contributed by atoms with Crippen molar-refractivity contribution in [2.24, 2.45) is 7.05 Å². The lowest BCUT2D eigenvalue weighted by atomic mass is 10.1. The number of carbonyl (C=O) groups is 1. The van der Waals surface area contributed by atoms with Crippen molar-refractivity contribution in [1.29, 1.82) is 0 Å². The molecule has 4 nitrogen and oxygen atoms in total. The van der Waals surface area contributed by atoms with Crippen molar-refractivity contribution in [2.45, 2.75) is 19.8 Å². The van der Waals surface area contributed by atoms with E-state index in [1.165, 1.54) is 0 Å². The highest BCUT2D eigenvalue weighted by Gasteiger charge is 2.19. The predicted octanol–water partition coefficient (Wildman–Crippen LogP) is 1.61. The molecule has 1 aromatic heterocycles. The minimum atomic E-state index is -0.0715. The van der Waals surface area contributed by atoms with E-state index in [1.54, 1.807) is 17.8 Å². The molecule has 0 bridgehead atoms. The van der Waals surface area contributed by atoms with Gasteiger partial charge in [0.15, 0.2) is 5.76 Å². The summed E-state index contributed by atoms with van der Waals surface area (Å²) in [4.78, 5) is 12.0. The van der Waals surface area contributed by atoms with Gasteiger partial charge in [-0.1, -0.05) is 0 Å². The van der Waals surface area contributed by atoms with Crippen molar-refractivity contribution in [3.63, 3.8) is 0 Å². The minimum Gasteiger partial charge on any atom is -0.490 e. The van der Waals surface area contributed by atoms with Gasteiger partial charge in [0.05, 0.1) is 12.3 Å². The van der Waals surface area contributed by atoms with Gasteiger partial charge in [0, 0.05) is 7.05 Å². The number of hydrogen-bond acceptors (Lipinski definition) is 3. The zero-order valence-corrected chi connectivity index (χ0v) is 8.99. The molecule has 0 N–H and O–H groups in total. The van der Waals surface area contributed by atoms with Crippen molar-refractivity contribution in [2.75, 3.05) is 6.61 Å². The molecule has 1 aromatic rings. The van der Waals surface area contributed by atoms with Crippen LogP contribution < -0.4 is 0 Å². The van der Waals surface area contributed by atoms with Crippen LogP contribution in [0.3, 0.4) is 0 Å². The molecule has 0 spiro atoms. The Kier molecular flexibility index (Phi) is 2.58. The Balaban J connectivity index is 2.27. The topological polar surface area (TPSA) is 44.1 Å². The molecular weight excluding hydrogens is 192 g/mol. The standard InChI is InChI=1S/C11H14N2O2/c1-8-7-9(13(2)12-8)11(14)10-5-3-4-6-15-10/h5,7H,3-4,6H2,1-2H3. The molecule has 4 heteroatoms. The predicted molar refractivity (Wildman–Crippen MR) is 55.5 cm³/mol. The second-order valence-corrected chi connectivity index (χ2v) is 3.68. The summed E-state index contributed by atoms with van der Waals surface area (Å²) in [6.07, 6.45) is 3.76. The van der Waals surface area contributed by atoms with Gasteiger partial charge < -0.3 is 4.74 Å². The lowest BCUT2D eigenvalue weighted by Crippen LogP contribution is -2.14. The third-order valence-electron chi connectivity index (χ3n) is 2.39. The summed E-state index contributed by atoms with van der Waals surface area (Å²) in [7, 11) is 1.77. The molecule has 0 fully saturated rings. The Bertz CT molecular complexity index is 418. The van der Waals surface area contributed by atoms with Gasteiger partial charge in [-0.15, -0.1) is 0 Å². The van der Waals surface area contributed by atoms with Crippen LogP contribution in [0.5, 0.6) is 0 Å². The Labute approximate surface area is 88.5 Å². The van der Waals surface area contributed by atoms with E-state index in [1.807, 2.05) is 13.0 Å². The molecule has 0 saturated carbocycles. The molecule has 0 atom stereocenters. The first-order valence-corrected chi connectivity index (χ1v) is 5.07. The van der Waals surface area contributed by atoms with Crippen molar-refractivity contribution in [1.82, 2.24) is 9.78 Å². The third-order valence-corrected chi connectivity index (χ3v) is 2.39. The SMILES string of the molecule is Cc1cc(C(=O)C2=CCCCO2)n(C)n1. The largest absolute Gasteiger partial charge is 0.490 e. The van der Waals surface area contributed by atoms with Gasteiger partial charge in [0.1, 0.15) is 5.69 Å². The van der Waals surface area contributed by atoms with Crippen LogP contribution in [0.1, 0.15) is 29.0 Å². The number of aromatic nitrogens is 2. The van der Waals surface area contributed by atoms with E-state index in [0.29, 0.717) is 18.1 Å². The smallest absolute Gasteiger partial charge is 0.245 e. The van der Waals surface area contributed by atoms with Gasteiger partial charge in [-0.3, -0.25) is 9.48 Å². The first kappa shape index (κ1) is 9.96. The highest BCUT2D eigenvalue weighted by atomic mass is 16.5. The molecule has 80 valence electrons. The minimum absolute atomic E-state index is 0.0715. The highest BCUT2D eigenvalue weighted by Crippen LogP contribution is 2.15. The van der Waals surface area contributed by atoms with E-state index in [9.17, 15) is 4.79 Å². The Hall–Kier alpha value is -1.58. The molecule has 2 heterocycles. The summed E-state index contributed by atoms with van der Waals surface area (Å²) in [5.41, 5.74) is 1.43. The zero-order chi connectivity index (χ0) is 10.8. The molecule has 0 amide bonds. The van der Waals surface area contributed by atoms with Crippen LogP contribution in [0.15, 0.2) is 17.9 Å². The Morgan fingerprint density at radius 3 is 2.93 bits per heavy atom. The number of nitrogens with zero attached hydrogens (tertiary/aromatic N) is 2. The number of allylic oxidation sites excluding steroid dienone is 2. The number of Topliss-reactive ketones (excluding diaryl/α,β-unsaturated/α-hetero) is 1. The number of ketones is 1. The molecule has 2 rings (SSSR count). The molecule has 0 unspecified atom stereocenters. The normalized spacial score (nSPS) is 15.7. The fourth-order valence-electron chi connectivity index (χ4n) is 1.67. The first-order valence-electron chi connectivity index (χ1n) is 5.07. The number of hydrogen-bond donors (Lipinski definition) is 0. The van der Waals surface area contributed by atoms with Gasteiger partial charge in [0.25, 0.3) is 0 Å². The molecule has 0 aliphatic carbocycles. The lowest BCUT2D eigenvalue weighted by Gasteiger charge is -2.13. The lowest BCUT2D eigenvalue weighted by molar-refractivity contribution is 0.0890. The van der Waals surface area contributed by atoms with Gasteiger partial charge in [-0.25, -0.2) is 0 Å². The average Bonchev–Trinajstić information content (AvgIpc) is 2.58. The van der Waals surface area contributed by atoms with Gasteiger partial charge in [-0.05, 0) is 31.9 Å². The molecule has 1 aliphatic rings. The Morgan fingerprint density at radius 2 is 2.40 bits per heavy atom. The van der Waals surface area contributed by atoms with E-state index in [2.05, 4.69) is 5.10 Å². The number of rotatable bonds is 2. The van der Waals surface area contributed by atoms with Crippen LogP contribution in [-0.2, 0) is 11.8 Å². The Morgan fingerprint density at radius 1 is 1.60 bits per heavy atom. The van der Waals surface area contributed by atoms with Crippen LogP contribution in [0.2, 0.25) is 0 Å². The van der Waals surface area contributed by atoms with E-state index in [-0.39, 0.29) is 5.78 Å². The summed E-state index contributed by atoms with van der Waals surface area (Å²) in [6, 6.07) is 1.78. The maximum Gasteiger partial charge on any atom is 0.245 e. The second kappa shape index (κ2) is 3.88. The molecular formula is C11H14N2O2. The monoisotopic (exact) mass is 206 g/mol. The summed E-state index contributed by atoms with van der Waals surface area (Å²) < 4.78 is 6.92. The number of aryl methyl sites for hydroxylation is 2. The average molecular weight is 206 g/mol. The fourth-order valence-corrected chi connectivity index (χ4v) is 1.67. The third kappa shape index (κ3) is 1.93. The van der Waals surface area contributed by atoms with Crippen molar-refractivity contribution >= 4 is 5.78 Å². The highest BCUT2D eigenvalue weighted by molar-refractivity contribution is 6.06. The number of ether oxygens (including phenoxy) is 1. The van der Waals surface area contributed by atoms with Crippen LogP contribution in [0, 0.1) is 6.92 Å². The van der Waals surface area contributed by atoms with Crippen LogP contribution in [0.25, 0.3) is 0 Å². The van der Waals surface area contributed by atoms with Gasteiger partial charge in [-0.2, -0.15) is 5.10 Å². The summed E-state index contributed by atoms with van der Waals surface area (Å²) >= 11 is 0.